The second-order valence-electron chi connectivity index (χ2n) is 6.32. The summed E-state index contributed by atoms with van der Waals surface area (Å²) in [6.45, 7) is 4.32. The zero-order valence-electron chi connectivity index (χ0n) is 15.0. The van der Waals surface area contributed by atoms with Gasteiger partial charge in [-0.25, -0.2) is 17.2 Å². The zero-order valence-corrected chi connectivity index (χ0v) is 16.7. The smallest absolute Gasteiger partial charge is 0.264 e. The fourth-order valence-corrected chi connectivity index (χ4v) is 5.73. The van der Waals surface area contributed by atoms with Crippen molar-refractivity contribution in [2.75, 3.05) is 26.2 Å². The predicted molar refractivity (Wildman–Crippen MR) is 99.5 cm³/mol. The summed E-state index contributed by atoms with van der Waals surface area (Å²) in [5.74, 6) is -2.37. The second kappa shape index (κ2) is 7.65. The summed E-state index contributed by atoms with van der Waals surface area (Å²) in [4.78, 5) is 15.1. The van der Waals surface area contributed by atoms with Gasteiger partial charge < -0.3 is 4.90 Å². The Morgan fingerprint density at radius 3 is 2.26 bits per heavy atom. The number of amides is 1. The van der Waals surface area contributed by atoms with E-state index in [1.165, 1.54) is 11.3 Å². The Balaban J connectivity index is 1.74. The van der Waals surface area contributed by atoms with E-state index < -0.39 is 26.6 Å². The SMILES string of the molecule is CCc1sc(C(=O)N2CCN(S(=O)(=O)c3c(F)cccc3F)CC2)cc1C. The summed E-state index contributed by atoms with van der Waals surface area (Å²) >= 11 is 1.45. The molecule has 0 N–H and O–H groups in total. The second-order valence-corrected chi connectivity index (χ2v) is 9.33. The number of benzene rings is 1. The van der Waals surface area contributed by atoms with Crippen LogP contribution in [-0.4, -0.2) is 49.7 Å². The van der Waals surface area contributed by atoms with Gasteiger partial charge in [-0.3, -0.25) is 4.79 Å². The Kier molecular flexibility index (Phi) is 5.64. The Labute approximate surface area is 161 Å². The predicted octanol–water partition coefficient (Wildman–Crippen LogP) is 3.04. The van der Waals surface area contributed by atoms with Crippen molar-refractivity contribution in [3.05, 3.63) is 51.2 Å². The number of piperazine rings is 1. The highest BCUT2D eigenvalue weighted by Gasteiger charge is 2.34. The molecule has 0 spiro atoms. The van der Waals surface area contributed by atoms with E-state index in [1.807, 2.05) is 19.9 Å². The lowest BCUT2D eigenvalue weighted by Crippen LogP contribution is -2.50. The van der Waals surface area contributed by atoms with E-state index in [0.717, 1.165) is 39.4 Å². The number of rotatable bonds is 4. The monoisotopic (exact) mass is 414 g/mol. The van der Waals surface area contributed by atoms with Crippen LogP contribution in [0.4, 0.5) is 8.78 Å². The molecule has 146 valence electrons. The van der Waals surface area contributed by atoms with Gasteiger partial charge >= 0.3 is 0 Å². The largest absolute Gasteiger partial charge is 0.335 e. The minimum atomic E-state index is -4.30. The first-order valence-corrected chi connectivity index (χ1v) is 10.8. The van der Waals surface area contributed by atoms with Crippen molar-refractivity contribution < 1.29 is 22.0 Å². The normalized spacial score (nSPS) is 15.9. The van der Waals surface area contributed by atoms with Crippen molar-refractivity contribution in [2.24, 2.45) is 0 Å². The number of carbonyl (C=O) groups excluding carboxylic acids is 1. The van der Waals surface area contributed by atoms with E-state index in [0.29, 0.717) is 4.88 Å². The first-order valence-electron chi connectivity index (χ1n) is 8.58. The summed E-state index contributed by atoms with van der Waals surface area (Å²) < 4.78 is 54.0. The van der Waals surface area contributed by atoms with E-state index in [2.05, 4.69) is 0 Å². The molecule has 0 unspecified atom stereocenters. The fraction of sp³-hybridized carbons (Fsp3) is 0.389. The van der Waals surface area contributed by atoms with Crippen LogP contribution in [0.5, 0.6) is 0 Å². The first kappa shape index (κ1) is 19.9. The van der Waals surface area contributed by atoms with Crippen molar-refractivity contribution in [2.45, 2.75) is 25.2 Å². The minimum absolute atomic E-state index is 0.00710. The Morgan fingerprint density at radius 1 is 1.15 bits per heavy atom. The molecule has 2 aromatic rings. The fourth-order valence-electron chi connectivity index (χ4n) is 3.12. The van der Waals surface area contributed by atoms with E-state index in [-0.39, 0.29) is 32.1 Å². The molecule has 1 amide bonds. The molecule has 1 aliphatic rings. The minimum Gasteiger partial charge on any atom is -0.335 e. The van der Waals surface area contributed by atoms with Crippen molar-refractivity contribution in [3.8, 4) is 0 Å². The Morgan fingerprint density at radius 2 is 1.74 bits per heavy atom. The van der Waals surface area contributed by atoms with Crippen LogP contribution in [0.1, 0.15) is 27.0 Å². The molecule has 0 bridgehead atoms. The number of sulfonamides is 1. The molecule has 0 aliphatic carbocycles. The molecule has 1 aromatic carbocycles. The van der Waals surface area contributed by atoms with Gasteiger partial charge in [-0.1, -0.05) is 13.0 Å². The van der Waals surface area contributed by atoms with Crippen LogP contribution in [-0.2, 0) is 16.4 Å². The van der Waals surface area contributed by atoms with Crippen LogP contribution in [0.2, 0.25) is 0 Å². The molecule has 5 nitrogen and oxygen atoms in total. The maximum absolute atomic E-state index is 13.9. The lowest BCUT2D eigenvalue weighted by Gasteiger charge is -2.33. The van der Waals surface area contributed by atoms with Gasteiger partial charge in [-0.2, -0.15) is 4.31 Å². The molecule has 9 heteroatoms. The molecule has 27 heavy (non-hydrogen) atoms. The summed E-state index contributed by atoms with van der Waals surface area (Å²) in [6, 6.07) is 4.80. The molecule has 1 saturated heterocycles. The van der Waals surface area contributed by atoms with Crippen LogP contribution >= 0.6 is 11.3 Å². The van der Waals surface area contributed by atoms with E-state index in [4.69, 9.17) is 0 Å². The van der Waals surface area contributed by atoms with Gasteiger partial charge in [0.05, 0.1) is 4.88 Å². The van der Waals surface area contributed by atoms with Gasteiger partial charge in [-0.05, 0) is 37.1 Å². The summed E-state index contributed by atoms with van der Waals surface area (Å²) in [7, 11) is -4.30. The van der Waals surface area contributed by atoms with Crippen molar-refractivity contribution in [1.82, 2.24) is 9.21 Å². The molecule has 0 radical (unpaired) electrons. The van der Waals surface area contributed by atoms with Crippen LogP contribution < -0.4 is 0 Å². The quantitative estimate of drug-likeness (QED) is 0.773. The third kappa shape index (κ3) is 3.76. The number of halogens is 2. The highest BCUT2D eigenvalue weighted by atomic mass is 32.2. The molecule has 1 aromatic heterocycles. The lowest BCUT2D eigenvalue weighted by atomic mass is 10.2. The number of aryl methyl sites for hydroxylation is 2. The topological polar surface area (TPSA) is 57.7 Å². The van der Waals surface area contributed by atoms with Crippen LogP contribution in [0.25, 0.3) is 0 Å². The van der Waals surface area contributed by atoms with Crippen molar-refractivity contribution in [1.29, 1.82) is 0 Å². The highest BCUT2D eigenvalue weighted by Crippen LogP contribution is 2.26. The summed E-state index contributed by atoms with van der Waals surface area (Å²) in [5, 5.41) is 0. The third-order valence-corrected chi connectivity index (χ3v) is 7.92. The molecular weight excluding hydrogens is 394 g/mol. The number of thiophene rings is 1. The average Bonchev–Trinajstić information content (AvgIpc) is 3.01. The van der Waals surface area contributed by atoms with Gasteiger partial charge in [0.15, 0.2) is 4.90 Å². The highest BCUT2D eigenvalue weighted by molar-refractivity contribution is 7.89. The molecule has 3 rings (SSSR count). The first-order chi connectivity index (χ1) is 12.8. The zero-order chi connectivity index (χ0) is 19.8. The Bertz CT molecular complexity index is 945. The molecular formula is C18H20F2N2O3S2. The van der Waals surface area contributed by atoms with Gasteiger partial charge in [0.25, 0.3) is 5.91 Å². The number of hydrogen-bond acceptors (Lipinski definition) is 4. The standard InChI is InChI=1S/C18H20F2N2O3S2/c1-3-15-12(2)11-16(26-15)18(23)21-7-9-22(10-8-21)27(24,25)17-13(19)5-4-6-14(17)20/h4-6,11H,3,7-10H2,1-2H3. The van der Waals surface area contributed by atoms with Gasteiger partial charge in [0.2, 0.25) is 10.0 Å². The Hall–Kier alpha value is -1.84. The molecule has 0 atom stereocenters. The van der Waals surface area contributed by atoms with Crippen LogP contribution in [0, 0.1) is 18.6 Å². The molecule has 1 fully saturated rings. The molecule has 2 heterocycles. The average molecular weight is 414 g/mol. The molecule has 1 aliphatic heterocycles. The summed E-state index contributed by atoms with van der Waals surface area (Å²) in [5.41, 5.74) is 1.07. The van der Waals surface area contributed by atoms with Crippen molar-refractivity contribution >= 4 is 27.3 Å². The van der Waals surface area contributed by atoms with Gasteiger partial charge in [0.1, 0.15) is 11.6 Å². The maximum Gasteiger partial charge on any atom is 0.264 e. The third-order valence-electron chi connectivity index (χ3n) is 4.60. The van der Waals surface area contributed by atoms with E-state index in [9.17, 15) is 22.0 Å². The van der Waals surface area contributed by atoms with E-state index >= 15 is 0 Å². The number of nitrogens with zero attached hydrogens (tertiary/aromatic N) is 2. The lowest BCUT2D eigenvalue weighted by molar-refractivity contribution is 0.0702. The van der Waals surface area contributed by atoms with Crippen LogP contribution in [0.15, 0.2) is 29.2 Å². The summed E-state index contributed by atoms with van der Waals surface area (Å²) in [6.07, 6.45) is 0.851. The molecule has 0 saturated carbocycles. The van der Waals surface area contributed by atoms with Crippen molar-refractivity contribution in [3.63, 3.8) is 0 Å². The van der Waals surface area contributed by atoms with E-state index in [1.54, 1.807) is 4.90 Å². The van der Waals surface area contributed by atoms with Crippen LogP contribution in [0.3, 0.4) is 0 Å². The number of carbonyl (C=O) groups is 1. The van der Waals surface area contributed by atoms with Gasteiger partial charge in [0, 0.05) is 31.1 Å². The number of hydrogen-bond donors (Lipinski definition) is 0. The van der Waals surface area contributed by atoms with Gasteiger partial charge in [-0.15, -0.1) is 11.3 Å². The maximum atomic E-state index is 13.9.